The van der Waals surface area contributed by atoms with Gasteiger partial charge in [0.05, 0.1) is 6.33 Å². The molecule has 0 aliphatic rings. The molecule has 0 saturated heterocycles. The van der Waals surface area contributed by atoms with Crippen molar-refractivity contribution in [1.29, 1.82) is 0 Å². The van der Waals surface area contributed by atoms with Gasteiger partial charge in [-0.15, -0.1) is 34.0 Å². The van der Waals surface area contributed by atoms with E-state index in [1.165, 1.54) is 0 Å². The molecule has 1 aromatic heterocycles. The van der Waals surface area contributed by atoms with Gasteiger partial charge in [0.25, 0.3) is 0 Å². The highest BCUT2D eigenvalue weighted by Crippen LogP contribution is 1.81. The van der Waals surface area contributed by atoms with Gasteiger partial charge < -0.3 is 4.57 Å². The molecule has 1 heterocycles. The van der Waals surface area contributed by atoms with E-state index in [1.54, 1.807) is 12.5 Å². The van der Waals surface area contributed by atoms with Crippen LogP contribution in [0.1, 0.15) is 6.92 Å². The molecule has 0 aliphatic carbocycles. The minimum atomic E-state index is 0. The maximum absolute atomic E-state index is 3.86. The summed E-state index contributed by atoms with van der Waals surface area (Å²) in [4.78, 5) is 3.86. The lowest BCUT2D eigenvalue weighted by Crippen LogP contribution is -1.85. The highest BCUT2D eigenvalue weighted by Gasteiger charge is 1.77. The van der Waals surface area contributed by atoms with Crippen LogP contribution in [0.2, 0.25) is 0 Å². The maximum atomic E-state index is 3.86. The molecular formula is C5H10Br2N2. The van der Waals surface area contributed by atoms with Gasteiger partial charge in [-0.05, 0) is 6.92 Å². The van der Waals surface area contributed by atoms with Crippen molar-refractivity contribution in [1.82, 2.24) is 9.55 Å². The Kier molecular flexibility index (Phi) is 8.32. The van der Waals surface area contributed by atoms with Gasteiger partial charge in [0.1, 0.15) is 0 Å². The van der Waals surface area contributed by atoms with Crippen LogP contribution in [0.4, 0.5) is 0 Å². The van der Waals surface area contributed by atoms with Gasteiger partial charge in [-0.3, -0.25) is 0 Å². The number of aromatic nitrogens is 2. The number of hydrogen-bond donors (Lipinski definition) is 0. The van der Waals surface area contributed by atoms with Gasteiger partial charge in [0, 0.05) is 18.9 Å². The summed E-state index contributed by atoms with van der Waals surface area (Å²) in [7, 11) is 0. The summed E-state index contributed by atoms with van der Waals surface area (Å²) in [5.41, 5.74) is 0. The normalized spacial score (nSPS) is 7.22. The molecule has 0 saturated carbocycles. The predicted octanol–water partition coefficient (Wildman–Crippen LogP) is 2.06. The lowest BCUT2D eigenvalue weighted by molar-refractivity contribution is 0.761. The fourth-order valence-electron chi connectivity index (χ4n) is 0.474. The summed E-state index contributed by atoms with van der Waals surface area (Å²) in [6.45, 7) is 3.10. The largest absolute Gasteiger partial charge is 0.338 e. The first-order chi connectivity index (χ1) is 3.43. The number of hydrogen-bond acceptors (Lipinski definition) is 1. The van der Waals surface area contributed by atoms with Crippen molar-refractivity contribution in [2.45, 2.75) is 13.5 Å². The van der Waals surface area contributed by atoms with Crippen molar-refractivity contribution >= 4 is 34.0 Å². The van der Waals surface area contributed by atoms with Gasteiger partial charge in [0.15, 0.2) is 0 Å². The molecule has 1 rings (SSSR count). The van der Waals surface area contributed by atoms with Crippen molar-refractivity contribution < 1.29 is 0 Å². The fraction of sp³-hybridized carbons (Fsp3) is 0.400. The van der Waals surface area contributed by atoms with Gasteiger partial charge in [-0.1, -0.05) is 0 Å². The Bertz CT molecular complexity index is 128. The van der Waals surface area contributed by atoms with Crippen molar-refractivity contribution in [2.75, 3.05) is 0 Å². The summed E-state index contributed by atoms with van der Waals surface area (Å²) < 4.78 is 2.01. The van der Waals surface area contributed by atoms with Crippen molar-refractivity contribution in [3.8, 4) is 0 Å². The van der Waals surface area contributed by atoms with Crippen LogP contribution in [0.5, 0.6) is 0 Å². The van der Waals surface area contributed by atoms with E-state index in [2.05, 4.69) is 11.9 Å². The van der Waals surface area contributed by atoms with E-state index in [-0.39, 0.29) is 34.0 Å². The quantitative estimate of drug-likeness (QED) is 0.753. The van der Waals surface area contributed by atoms with E-state index in [9.17, 15) is 0 Å². The summed E-state index contributed by atoms with van der Waals surface area (Å²) in [6.07, 6.45) is 5.53. The van der Waals surface area contributed by atoms with Crippen LogP contribution < -0.4 is 0 Å². The molecule has 0 fully saturated rings. The maximum Gasteiger partial charge on any atom is 0.0945 e. The monoisotopic (exact) mass is 256 g/mol. The molecule has 54 valence electrons. The Morgan fingerprint density at radius 2 is 2.11 bits per heavy atom. The zero-order valence-corrected chi connectivity index (χ0v) is 8.58. The number of aryl methyl sites for hydroxylation is 1. The second kappa shape index (κ2) is 6.29. The highest BCUT2D eigenvalue weighted by atomic mass is 79.9. The molecule has 0 aromatic carbocycles. The van der Waals surface area contributed by atoms with E-state index in [0.717, 1.165) is 6.54 Å². The number of imidazole rings is 1. The summed E-state index contributed by atoms with van der Waals surface area (Å²) >= 11 is 0. The molecule has 0 N–H and O–H groups in total. The van der Waals surface area contributed by atoms with Crippen LogP contribution in [0.15, 0.2) is 18.7 Å². The van der Waals surface area contributed by atoms with Gasteiger partial charge in [-0.25, -0.2) is 4.98 Å². The van der Waals surface area contributed by atoms with Crippen LogP contribution >= 0.6 is 34.0 Å². The van der Waals surface area contributed by atoms with Gasteiger partial charge >= 0.3 is 0 Å². The summed E-state index contributed by atoms with van der Waals surface area (Å²) in [5, 5.41) is 0. The number of halogens is 2. The van der Waals surface area contributed by atoms with Crippen molar-refractivity contribution in [2.24, 2.45) is 0 Å². The third-order valence-electron chi connectivity index (χ3n) is 0.924. The Morgan fingerprint density at radius 1 is 1.44 bits per heavy atom. The number of rotatable bonds is 1. The molecule has 0 spiro atoms. The zero-order chi connectivity index (χ0) is 5.11. The second-order valence-electron chi connectivity index (χ2n) is 1.39. The summed E-state index contributed by atoms with van der Waals surface area (Å²) in [5.74, 6) is 0. The highest BCUT2D eigenvalue weighted by molar-refractivity contribution is 8.93. The molecule has 2 nitrogen and oxygen atoms in total. The fourth-order valence-corrected chi connectivity index (χ4v) is 0.474. The molecule has 0 bridgehead atoms. The van der Waals surface area contributed by atoms with Crippen LogP contribution in [-0.4, -0.2) is 9.55 Å². The van der Waals surface area contributed by atoms with Gasteiger partial charge in [0.2, 0.25) is 0 Å². The smallest absolute Gasteiger partial charge is 0.0945 e. The third-order valence-corrected chi connectivity index (χ3v) is 0.924. The molecule has 0 amide bonds. The first kappa shape index (κ1) is 11.9. The zero-order valence-electron chi connectivity index (χ0n) is 5.15. The average Bonchev–Trinajstić information content (AvgIpc) is 2.14. The molecule has 0 atom stereocenters. The molecule has 1 aromatic rings. The minimum Gasteiger partial charge on any atom is -0.338 e. The second-order valence-corrected chi connectivity index (χ2v) is 1.39. The van der Waals surface area contributed by atoms with Crippen molar-refractivity contribution in [3.63, 3.8) is 0 Å². The molecule has 0 unspecified atom stereocenters. The van der Waals surface area contributed by atoms with Crippen LogP contribution in [0, 0.1) is 0 Å². The van der Waals surface area contributed by atoms with E-state index in [1.807, 2.05) is 10.8 Å². The van der Waals surface area contributed by atoms with E-state index in [4.69, 9.17) is 0 Å². The molecule has 4 heteroatoms. The Balaban J connectivity index is 0. The first-order valence-corrected chi connectivity index (χ1v) is 2.39. The lowest BCUT2D eigenvalue weighted by atomic mass is 10.7. The standard InChI is InChI=1S/C5H8N2.2BrH/c1-2-7-4-3-6-5-7;;/h3-5H,2H2,1H3;2*1H. The lowest BCUT2D eigenvalue weighted by Gasteiger charge is -1.87. The average molecular weight is 258 g/mol. The predicted molar refractivity (Wildman–Crippen MR) is 48.5 cm³/mol. The Morgan fingerprint density at radius 3 is 2.33 bits per heavy atom. The summed E-state index contributed by atoms with van der Waals surface area (Å²) in [6, 6.07) is 0. The third kappa shape index (κ3) is 3.70. The molecule has 9 heavy (non-hydrogen) atoms. The topological polar surface area (TPSA) is 17.8 Å². The molecule has 0 aliphatic heterocycles. The van der Waals surface area contributed by atoms with Gasteiger partial charge in [-0.2, -0.15) is 0 Å². The van der Waals surface area contributed by atoms with Crippen LogP contribution in [-0.2, 0) is 6.54 Å². The number of nitrogens with zero attached hydrogens (tertiary/aromatic N) is 2. The van der Waals surface area contributed by atoms with Crippen LogP contribution in [0.25, 0.3) is 0 Å². The van der Waals surface area contributed by atoms with Crippen LogP contribution in [0.3, 0.4) is 0 Å². The van der Waals surface area contributed by atoms with E-state index < -0.39 is 0 Å². The van der Waals surface area contributed by atoms with E-state index in [0.29, 0.717) is 0 Å². The van der Waals surface area contributed by atoms with E-state index >= 15 is 0 Å². The first-order valence-electron chi connectivity index (χ1n) is 2.39. The molecule has 0 radical (unpaired) electrons. The Hall–Kier alpha value is 0.170. The van der Waals surface area contributed by atoms with Crippen molar-refractivity contribution in [3.05, 3.63) is 18.7 Å². The Labute approximate surface area is 75.8 Å². The minimum absolute atomic E-state index is 0. The SMILES string of the molecule is Br.Br.CCn1ccnc1. The molecular weight excluding hydrogens is 248 g/mol.